The molecule has 0 spiro atoms. The number of hydrogen-bond donors (Lipinski definition) is 3. The van der Waals surface area contributed by atoms with Crippen molar-refractivity contribution in [2.75, 3.05) is 4.72 Å². The van der Waals surface area contributed by atoms with Crippen LogP contribution in [0, 0.1) is 11.3 Å². The first-order chi connectivity index (χ1) is 18.4. The fraction of sp³-hybridized carbons (Fsp3) is 0.0400. The molecule has 12 nitrogen and oxygen atoms in total. The summed E-state index contributed by atoms with van der Waals surface area (Å²) in [6.45, 7) is 1.17. The quantitative estimate of drug-likeness (QED) is 0.0942. The first-order valence-corrected chi connectivity index (χ1v) is 13.9. The topological polar surface area (TPSA) is 205 Å². The van der Waals surface area contributed by atoms with Gasteiger partial charge in [0.1, 0.15) is 23.2 Å². The molecule has 0 aliphatic heterocycles. The van der Waals surface area contributed by atoms with Gasteiger partial charge in [-0.1, -0.05) is 30.3 Å². The minimum Gasteiger partial charge on any atom is -0.862 e. The molecule has 0 unspecified atom stereocenters. The standard InChI is InChI=1S/C25H19N5O7S2.Na/c1-15(31)27-23-13-22(29-28-20-11-10-18(39(35,36)37)12-16(20)14-26)24-19(25(23)32)8-5-9-21(24)30-38(33,34)17-6-3-2-4-7-17;/h2-13,30,32H,1H3,(H,27,31)(H,35,36,37);/q;+1/p-1. The number of phenolic OH excluding ortho intramolecular Hbond substituents is 1. The van der Waals surface area contributed by atoms with Crippen LogP contribution in [0.25, 0.3) is 10.8 Å². The maximum absolute atomic E-state index is 13.0. The summed E-state index contributed by atoms with van der Waals surface area (Å²) in [4.78, 5) is 3.23. The van der Waals surface area contributed by atoms with Crippen LogP contribution in [0.5, 0.6) is 5.75 Å². The number of hydrogen-bond acceptors (Lipinski definition) is 10. The molecule has 3 N–H and O–H groups in total. The number of anilines is 1. The summed E-state index contributed by atoms with van der Waals surface area (Å²) in [6, 6.07) is 18.0. The van der Waals surface area contributed by atoms with E-state index in [2.05, 4.69) is 19.9 Å². The van der Waals surface area contributed by atoms with Crippen molar-refractivity contribution >= 4 is 59.6 Å². The fourth-order valence-electron chi connectivity index (χ4n) is 3.62. The number of fused-ring (bicyclic) bond motifs is 1. The summed E-state index contributed by atoms with van der Waals surface area (Å²) in [5.41, 5.74) is -0.461. The van der Waals surface area contributed by atoms with Crippen molar-refractivity contribution in [3.63, 3.8) is 0 Å². The molecular formula is C25H18N5NaO7S2. The van der Waals surface area contributed by atoms with Gasteiger partial charge < -0.3 is 10.2 Å². The van der Waals surface area contributed by atoms with Crippen LogP contribution in [-0.4, -0.2) is 32.4 Å². The predicted octanol–water partition coefficient (Wildman–Crippen LogP) is 1.29. The molecule has 0 heterocycles. The number of aromatic hydroxyl groups is 1. The van der Waals surface area contributed by atoms with E-state index in [1.165, 1.54) is 43.3 Å². The first-order valence-electron chi connectivity index (χ1n) is 10.9. The number of aliphatic imine (C=N–C) groups is 1. The molecule has 4 aromatic carbocycles. The molecule has 0 aliphatic rings. The van der Waals surface area contributed by atoms with Crippen LogP contribution in [0.3, 0.4) is 0 Å². The number of nitrogens with one attached hydrogen (secondary N) is 1. The average Bonchev–Trinajstić information content (AvgIpc) is 2.89. The number of phenols is 1. The third-order valence-corrected chi connectivity index (χ3v) is 7.55. The van der Waals surface area contributed by atoms with Crippen molar-refractivity contribution < 1.29 is 61.2 Å². The Balaban J connectivity index is 0.00000441. The summed E-state index contributed by atoms with van der Waals surface area (Å²) in [6.07, 6.45) is 0. The Bertz CT molecular complexity index is 1920. The van der Waals surface area contributed by atoms with Crippen LogP contribution in [0.4, 0.5) is 22.7 Å². The summed E-state index contributed by atoms with van der Waals surface area (Å²) >= 11 is 0. The monoisotopic (exact) mass is 587 g/mol. The molecule has 0 amide bonds. The molecule has 0 saturated heterocycles. The molecule has 198 valence electrons. The predicted molar refractivity (Wildman–Crippen MR) is 141 cm³/mol. The number of sulfonamides is 1. The van der Waals surface area contributed by atoms with E-state index in [0.717, 1.165) is 18.2 Å². The summed E-state index contributed by atoms with van der Waals surface area (Å²) in [5, 5.41) is 40.3. The van der Waals surface area contributed by atoms with E-state index in [9.17, 15) is 36.9 Å². The molecule has 0 saturated carbocycles. The molecule has 15 heteroatoms. The van der Waals surface area contributed by atoms with Crippen LogP contribution >= 0.6 is 0 Å². The zero-order valence-electron chi connectivity index (χ0n) is 21.0. The second kappa shape index (κ2) is 12.1. The molecule has 0 radical (unpaired) electrons. The Morgan fingerprint density at radius 2 is 1.57 bits per heavy atom. The van der Waals surface area contributed by atoms with E-state index < -0.39 is 36.7 Å². The van der Waals surface area contributed by atoms with Gasteiger partial charge in [-0.25, -0.2) is 8.42 Å². The number of nitriles is 1. The van der Waals surface area contributed by atoms with Crippen molar-refractivity contribution in [3.8, 4) is 11.8 Å². The van der Waals surface area contributed by atoms with Gasteiger partial charge in [0.05, 0.1) is 26.7 Å². The first kappa shape index (κ1) is 30.7. The second-order valence-corrected chi connectivity index (χ2v) is 11.1. The van der Waals surface area contributed by atoms with Crippen LogP contribution in [0.15, 0.2) is 97.8 Å². The van der Waals surface area contributed by atoms with Gasteiger partial charge in [-0.05, 0) is 55.3 Å². The Morgan fingerprint density at radius 3 is 2.20 bits per heavy atom. The third-order valence-electron chi connectivity index (χ3n) is 5.32. The summed E-state index contributed by atoms with van der Waals surface area (Å²) in [7, 11) is -8.64. The van der Waals surface area contributed by atoms with Gasteiger partial charge in [-0.15, -0.1) is 10.2 Å². The van der Waals surface area contributed by atoms with Crippen molar-refractivity contribution in [1.82, 2.24) is 0 Å². The Morgan fingerprint density at radius 1 is 0.900 bits per heavy atom. The van der Waals surface area contributed by atoms with Gasteiger partial charge >= 0.3 is 29.6 Å². The molecule has 40 heavy (non-hydrogen) atoms. The van der Waals surface area contributed by atoms with Crippen molar-refractivity contribution in [2.24, 2.45) is 15.2 Å². The number of rotatable bonds is 7. The number of azo groups is 1. The van der Waals surface area contributed by atoms with Crippen molar-refractivity contribution in [1.29, 1.82) is 5.26 Å². The second-order valence-electron chi connectivity index (χ2n) is 8.01. The van der Waals surface area contributed by atoms with Gasteiger partial charge in [0.15, 0.2) is 0 Å². The molecular weight excluding hydrogens is 569 g/mol. The van der Waals surface area contributed by atoms with Crippen LogP contribution < -0.4 is 39.4 Å². The molecule has 0 aromatic heterocycles. The smallest absolute Gasteiger partial charge is 0.862 e. The molecule has 0 atom stereocenters. The normalized spacial score (nSPS) is 12.2. The van der Waals surface area contributed by atoms with Gasteiger partial charge in [0.2, 0.25) is 0 Å². The van der Waals surface area contributed by atoms with Crippen LogP contribution in [-0.2, 0) is 20.1 Å². The molecule has 0 fully saturated rings. The minimum absolute atomic E-state index is 0. The molecule has 4 rings (SSSR count). The SMILES string of the molecule is CC([O-])=Nc1cc(N=Nc2ccc(S(=O)(=O)O)cc2C#N)c2c(NS(=O)(=O)c3ccccc3)cccc2c1O.[Na+]. The zero-order valence-corrected chi connectivity index (χ0v) is 24.6. The summed E-state index contributed by atoms with van der Waals surface area (Å²) < 4.78 is 60.6. The van der Waals surface area contributed by atoms with E-state index in [4.69, 9.17) is 0 Å². The van der Waals surface area contributed by atoms with E-state index in [0.29, 0.717) is 0 Å². The van der Waals surface area contributed by atoms with Crippen LogP contribution in [0.2, 0.25) is 0 Å². The van der Waals surface area contributed by atoms with Gasteiger partial charge in [0, 0.05) is 10.8 Å². The van der Waals surface area contributed by atoms with Gasteiger partial charge in [-0.3, -0.25) is 14.3 Å². The Labute approximate surface area is 251 Å². The zero-order chi connectivity index (χ0) is 28.4. The van der Waals surface area contributed by atoms with E-state index >= 15 is 0 Å². The van der Waals surface area contributed by atoms with E-state index in [1.54, 1.807) is 24.3 Å². The maximum atomic E-state index is 13.0. The average molecular weight is 588 g/mol. The van der Waals surface area contributed by atoms with Crippen molar-refractivity contribution in [2.45, 2.75) is 16.7 Å². The van der Waals surface area contributed by atoms with Gasteiger partial charge in [-0.2, -0.15) is 13.7 Å². The van der Waals surface area contributed by atoms with Crippen LogP contribution in [0.1, 0.15) is 12.5 Å². The number of nitrogens with zero attached hydrogens (tertiary/aromatic N) is 4. The fourth-order valence-corrected chi connectivity index (χ4v) is 5.22. The Hall–Kier alpha value is -3.84. The van der Waals surface area contributed by atoms with E-state index in [1.807, 2.05) is 0 Å². The van der Waals surface area contributed by atoms with Crippen molar-refractivity contribution in [3.05, 3.63) is 78.4 Å². The largest absolute Gasteiger partial charge is 1.00 e. The minimum atomic E-state index is -4.58. The maximum Gasteiger partial charge on any atom is 1.00 e. The molecule has 0 bridgehead atoms. The van der Waals surface area contributed by atoms with Gasteiger partial charge in [0.25, 0.3) is 20.1 Å². The Kier molecular flexibility index (Phi) is 9.31. The molecule has 0 aliphatic carbocycles. The number of benzene rings is 4. The van der Waals surface area contributed by atoms with E-state index in [-0.39, 0.29) is 73.5 Å². The molecule has 4 aromatic rings. The third kappa shape index (κ3) is 6.65. The summed E-state index contributed by atoms with van der Waals surface area (Å²) in [5.74, 6) is -1.03.